The van der Waals surface area contributed by atoms with Crippen LogP contribution in [0.1, 0.15) is 17.0 Å². The lowest BCUT2D eigenvalue weighted by atomic mass is 10.1. The summed E-state index contributed by atoms with van der Waals surface area (Å²) < 4.78 is 1.76. The standard InChI is InChI=1S/C23H22N6O/c1-16-14-17(2)29(28-16)22-13-12-21(26-27-22)24-19-8-10-20(11-9-19)25-23(30)15-18-6-4-3-5-7-18/h3-14H,15H2,1-2H3,(H,24,26)(H,25,30). The average molecular weight is 398 g/mol. The smallest absolute Gasteiger partial charge is 0.228 e. The molecule has 2 aromatic heterocycles. The van der Waals surface area contributed by atoms with E-state index in [0.717, 1.165) is 28.3 Å². The zero-order valence-electron chi connectivity index (χ0n) is 16.8. The highest BCUT2D eigenvalue weighted by molar-refractivity contribution is 5.92. The average Bonchev–Trinajstić information content (AvgIpc) is 3.09. The normalized spacial score (nSPS) is 10.6. The Morgan fingerprint density at radius 3 is 2.27 bits per heavy atom. The number of hydrogen-bond acceptors (Lipinski definition) is 5. The van der Waals surface area contributed by atoms with E-state index in [1.807, 2.05) is 86.6 Å². The van der Waals surface area contributed by atoms with Crippen molar-refractivity contribution in [3.8, 4) is 5.82 Å². The van der Waals surface area contributed by atoms with Crippen LogP contribution >= 0.6 is 0 Å². The molecule has 0 aliphatic carbocycles. The van der Waals surface area contributed by atoms with E-state index in [9.17, 15) is 4.79 Å². The molecular formula is C23H22N6O. The largest absolute Gasteiger partial charge is 0.339 e. The van der Waals surface area contributed by atoms with E-state index in [1.165, 1.54) is 0 Å². The van der Waals surface area contributed by atoms with Crippen LogP contribution in [0.25, 0.3) is 5.82 Å². The van der Waals surface area contributed by atoms with Gasteiger partial charge >= 0.3 is 0 Å². The third-order valence-electron chi connectivity index (χ3n) is 4.53. The quantitative estimate of drug-likeness (QED) is 0.508. The van der Waals surface area contributed by atoms with E-state index < -0.39 is 0 Å². The second-order valence-electron chi connectivity index (χ2n) is 7.03. The van der Waals surface area contributed by atoms with Gasteiger partial charge in [-0.25, -0.2) is 4.68 Å². The predicted octanol–water partition coefficient (Wildman–Crippen LogP) is 4.20. The van der Waals surface area contributed by atoms with Crippen LogP contribution in [-0.4, -0.2) is 25.9 Å². The first-order valence-electron chi connectivity index (χ1n) is 9.65. The van der Waals surface area contributed by atoms with Gasteiger partial charge in [-0.3, -0.25) is 4.79 Å². The molecule has 0 aliphatic heterocycles. The van der Waals surface area contributed by atoms with E-state index >= 15 is 0 Å². The lowest BCUT2D eigenvalue weighted by Crippen LogP contribution is -2.14. The van der Waals surface area contributed by atoms with E-state index in [2.05, 4.69) is 25.9 Å². The summed E-state index contributed by atoms with van der Waals surface area (Å²) in [5.41, 5.74) is 4.52. The summed E-state index contributed by atoms with van der Waals surface area (Å²) in [6.45, 7) is 3.93. The fraction of sp³-hybridized carbons (Fsp3) is 0.130. The maximum Gasteiger partial charge on any atom is 0.228 e. The van der Waals surface area contributed by atoms with Gasteiger partial charge in [-0.2, -0.15) is 5.10 Å². The number of carbonyl (C=O) groups is 1. The Kier molecular flexibility index (Phi) is 5.52. The molecule has 0 saturated heterocycles. The predicted molar refractivity (Wildman–Crippen MR) is 117 cm³/mol. The number of benzene rings is 2. The van der Waals surface area contributed by atoms with Crippen molar-refractivity contribution < 1.29 is 4.79 Å². The molecule has 0 bridgehead atoms. The van der Waals surface area contributed by atoms with Gasteiger partial charge in [0.25, 0.3) is 0 Å². The van der Waals surface area contributed by atoms with Crippen LogP contribution in [0.3, 0.4) is 0 Å². The Morgan fingerprint density at radius 2 is 1.63 bits per heavy atom. The Labute approximate surface area is 174 Å². The Hall–Kier alpha value is -4.00. The van der Waals surface area contributed by atoms with Crippen molar-refractivity contribution in [2.75, 3.05) is 10.6 Å². The third kappa shape index (κ3) is 4.70. The summed E-state index contributed by atoms with van der Waals surface area (Å²) in [7, 11) is 0. The zero-order chi connectivity index (χ0) is 20.9. The van der Waals surface area contributed by atoms with Gasteiger partial charge in [-0.05, 0) is 61.9 Å². The molecule has 0 radical (unpaired) electrons. The lowest BCUT2D eigenvalue weighted by Gasteiger charge is -2.09. The molecule has 7 nitrogen and oxygen atoms in total. The Balaban J connectivity index is 1.36. The minimum absolute atomic E-state index is 0.0486. The summed E-state index contributed by atoms with van der Waals surface area (Å²) in [5.74, 6) is 1.25. The second kappa shape index (κ2) is 8.57. The first kappa shape index (κ1) is 19.3. The molecule has 30 heavy (non-hydrogen) atoms. The highest BCUT2D eigenvalue weighted by Crippen LogP contribution is 2.18. The fourth-order valence-electron chi connectivity index (χ4n) is 3.14. The van der Waals surface area contributed by atoms with Crippen molar-refractivity contribution in [1.29, 1.82) is 0 Å². The molecule has 4 aromatic rings. The van der Waals surface area contributed by atoms with Gasteiger partial charge in [0.1, 0.15) is 0 Å². The molecule has 0 aliphatic rings. The summed E-state index contributed by atoms with van der Waals surface area (Å²) in [6.07, 6.45) is 0.345. The molecule has 2 aromatic carbocycles. The van der Waals surface area contributed by atoms with Gasteiger partial charge in [0.2, 0.25) is 5.91 Å². The molecule has 0 unspecified atom stereocenters. The molecule has 0 fully saturated rings. The van der Waals surface area contributed by atoms with Gasteiger partial charge in [0.15, 0.2) is 11.6 Å². The minimum Gasteiger partial charge on any atom is -0.339 e. The first-order valence-corrected chi connectivity index (χ1v) is 9.65. The monoisotopic (exact) mass is 398 g/mol. The topological polar surface area (TPSA) is 84.7 Å². The minimum atomic E-state index is -0.0486. The number of aryl methyl sites for hydroxylation is 2. The lowest BCUT2D eigenvalue weighted by molar-refractivity contribution is -0.115. The van der Waals surface area contributed by atoms with Crippen molar-refractivity contribution in [1.82, 2.24) is 20.0 Å². The van der Waals surface area contributed by atoms with Crippen molar-refractivity contribution >= 4 is 23.1 Å². The maximum absolute atomic E-state index is 12.2. The first-order chi connectivity index (χ1) is 14.6. The third-order valence-corrected chi connectivity index (χ3v) is 4.53. The SMILES string of the molecule is Cc1cc(C)n(-c2ccc(Nc3ccc(NC(=O)Cc4ccccc4)cc3)nn2)n1. The summed E-state index contributed by atoms with van der Waals surface area (Å²) in [5, 5.41) is 19.0. The number of nitrogens with one attached hydrogen (secondary N) is 2. The molecule has 1 amide bonds. The summed E-state index contributed by atoms with van der Waals surface area (Å²) >= 11 is 0. The van der Waals surface area contributed by atoms with Crippen molar-refractivity contribution in [2.45, 2.75) is 20.3 Å². The molecule has 2 N–H and O–H groups in total. The molecule has 2 heterocycles. The van der Waals surface area contributed by atoms with Crippen LogP contribution in [0.2, 0.25) is 0 Å². The molecule has 4 rings (SSSR count). The Morgan fingerprint density at radius 1 is 0.900 bits per heavy atom. The van der Waals surface area contributed by atoms with Crippen molar-refractivity contribution in [2.24, 2.45) is 0 Å². The zero-order valence-corrected chi connectivity index (χ0v) is 16.8. The van der Waals surface area contributed by atoms with E-state index in [4.69, 9.17) is 0 Å². The van der Waals surface area contributed by atoms with E-state index in [1.54, 1.807) is 4.68 Å². The summed E-state index contributed by atoms with van der Waals surface area (Å²) in [6, 6.07) is 22.8. The number of anilines is 3. The van der Waals surface area contributed by atoms with Gasteiger partial charge in [-0.15, -0.1) is 10.2 Å². The van der Waals surface area contributed by atoms with E-state index in [-0.39, 0.29) is 5.91 Å². The number of amides is 1. The van der Waals surface area contributed by atoms with Crippen LogP contribution in [0.15, 0.2) is 72.8 Å². The van der Waals surface area contributed by atoms with Crippen molar-refractivity contribution in [3.63, 3.8) is 0 Å². The Bertz CT molecular complexity index is 1130. The second-order valence-corrected chi connectivity index (χ2v) is 7.03. The molecule has 7 heteroatoms. The van der Waals surface area contributed by atoms with Crippen LogP contribution < -0.4 is 10.6 Å². The maximum atomic E-state index is 12.2. The number of carbonyl (C=O) groups excluding carboxylic acids is 1. The van der Waals surface area contributed by atoms with Crippen molar-refractivity contribution in [3.05, 3.63) is 89.7 Å². The van der Waals surface area contributed by atoms with Crippen LogP contribution in [-0.2, 0) is 11.2 Å². The number of hydrogen-bond donors (Lipinski definition) is 2. The van der Waals surface area contributed by atoms with Crippen LogP contribution in [0.4, 0.5) is 17.2 Å². The fourth-order valence-corrected chi connectivity index (χ4v) is 3.14. The van der Waals surface area contributed by atoms with Gasteiger partial charge in [0, 0.05) is 17.1 Å². The molecular weight excluding hydrogens is 376 g/mol. The molecule has 0 atom stereocenters. The molecule has 0 saturated carbocycles. The number of rotatable bonds is 6. The van der Waals surface area contributed by atoms with Crippen LogP contribution in [0, 0.1) is 13.8 Å². The van der Waals surface area contributed by atoms with Gasteiger partial charge < -0.3 is 10.6 Å². The molecule has 150 valence electrons. The highest BCUT2D eigenvalue weighted by atomic mass is 16.1. The molecule has 0 spiro atoms. The van der Waals surface area contributed by atoms with Gasteiger partial charge in [0.05, 0.1) is 12.1 Å². The van der Waals surface area contributed by atoms with Gasteiger partial charge in [-0.1, -0.05) is 30.3 Å². The number of nitrogens with zero attached hydrogens (tertiary/aromatic N) is 4. The highest BCUT2D eigenvalue weighted by Gasteiger charge is 2.07. The van der Waals surface area contributed by atoms with Crippen LogP contribution in [0.5, 0.6) is 0 Å². The summed E-state index contributed by atoms with van der Waals surface area (Å²) in [4.78, 5) is 12.2. The number of aromatic nitrogens is 4. The van der Waals surface area contributed by atoms with E-state index in [0.29, 0.717) is 18.1 Å².